The summed E-state index contributed by atoms with van der Waals surface area (Å²) in [6, 6.07) is 2.33. The average molecular weight is 420 g/mol. The Labute approximate surface area is 176 Å². The van der Waals surface area contributed by atoms with Gasteiger partial charge in [-0.25, -0.2) is 4.98 Å². The minimum Gasteiger partial charge on any atom is -0.465 e. The number of nitrogens with zero attached hydrogens (tertiary/aromatic N) is 3. The number of thioether (sulfide) groups is 1. The second kappa shape index (κ2) is 9.33. The maximum Gasteiger partial charge on any atom is 0.316 e. The molecule has 0 saturated carbocycles. The third-order valence-corrected chi connectivity index (χ3v) is 5.84. The molecule has 3 rings (SSSR count). The Bertz CT molecular complexity index is 798. The molecule has 0 aliphatic carbocycles. The summed E-state index contributed by atoms with van der Waals surface area (Å²) in [6.45, 7) is 11.7. The van der Waals surface area contributed by atoms with Crippen LogP contribution in [0.5, 0.6) is 0 Å². The number of anilines is 1. The molecule has 0 spiro atoms. The molecule has 2 aliphatic heterocycles. The first-order chi connectivity index (χ1) is 13.8. The summed E-state index contributed by atoms with van der Waals surface area (Å²) >= 11 is 1.28. The van der Waals surface area contributed by atoms with Gasteiger partial charge in [-0.3, -0.25) is 4.79 Å². The lowest BCUT2D eigenvalue weighted by Crippen LogP contribution is -2.39. The molecule has 158 valence electrons. The molecule has 0 atom stereocenters. The Morgan fingerprint density at radius 1 is 1.34 bits per heavy atom. The number of hydrogen-bond acceptors (Lipinski definition) is 8. The van der Waals surface area contributed by atoms with Gasteiger partial charge < -0.3 is 19.1 Å². The fourth-order valence-corrected chi connectivity index (χ4v) is 4.21. The molecule has 0 unspecified atom stereocenters. The number of pyridine rings is 1. The summed E-state index contributed by atoms with van der Waals surface area (Å²) in [5, 5.41) is 10.5. The lowest BCUT2D eigenvalue weighted by Gasteiger charge is -2.36. The topological polar surface area (TPSA) is 84.7 Å². The van der Waals surface area contributed by atoms with Gasteiger partial charge in [0.2, 0.25) is 0 Å². The Morgan fingerprint density at radius 3 is 2.72 bits per heavy atom. The number of aromatic nitrogens is 1. The molecule has 0 aromatic carbocycles. The molecule has 1 fully saturated rings. The van der Waals surface area contributed by atoms with Crippen molar-refractivity contribution >= 4 is 23.5 Å². The second-order valence-electron chi connectivity index (χ2n) is 8.37. The molecule has 1 aromatic rings. The van der Waals surface area contributed by atoms with Gasteiger partial charge in [-0.15, -0.1) is 0 Å². The van der Waals surface area contributed by atoms with E-state index in [9.17, 15) is 10.1 Å². The minimum absolute atomic E-state index is 0.135. The molecular weight excluding hydrogens is 390 g/mol. The molecule has 0 N–H and O–H groups in total. The molecule has 0 amide bonds. The molecule has 8 heteroatoms. The van der Waals surface area contributed by atoms with Crippen molar-refractivity contribution in [2.24, 2.45) is 5.92 Å². The van der Waals surface area contributed by atoms with E-state index in [1.807, 2.05) is 27.7 Å². The van der Waals surface area contributed by atoms with E-state index >= 15 is 0 Å². The SMILES string of the molecule is CC(C)COC(=O)CSc1nc(N2CCOCC2)c2c(c1C#N)CC(C)(C)OC2. The van der Waals surface area contributed by atoms with Crippen molar-refractivity contribution in [3.63, 3.8) is 0 Å². The van der Waals surface area contributed by atoms with Crippen molar-refractivity contribution < 1.29 is 19.0 Å². The molecular formula is C21H29N3O4S. The first kappa shape index (κ1) is 21.9. The predicted octanol–water partition coefficient (Wildman–Crippen LogP) is 2.93. The van der Waals surface area contributed by atoms with E-state index in [2.05, 4.69) is 11.0 Å². The number of morpholine rings is 1. The summed E-state index contributed by atoms with van der Waals surface area (Å²) in [5.74, 6) is 0.977. The van der Waals surface area contributed by atoms with Crippen LogP contribution in [-0.2, 0) is 32.0 Å². The Morgan fingerprint density at radius 2 is 2.07 bits per heavy atom. The summed E-state index contributed by atoms with van der Waals surface area (Å²) in [6.07, 6.45) is 0.635. The number of esters is 1. The van der Waals surface area contributed by atoms with Gasteiger partial charge in [0.15, 0.2) is 0 Å². The first-order valence-corrected chi connectivity index (χ1v) is 11.0. The van der Waals surface area contributed by atoms with Crippen LogP contribution in [0.2, 0.25) is 0 Å². The van der Waals surface area contributed by atoms with Crippen LogP contribution in [0.3, 0.4) is 0 Å². The van der Waals surface area contributed by atoms with Crippen molar-refractivity contribution in [3.05, 3.63) is 16.7 Å². The highest BCUT2D eigenvalue weighted by molar-refractivity contribution is 7.99. The Balaban J connectivity index is 1.92. The van der Waals surface area contributed by atoms with Crippen LogP contribution in [0.15, 0.2) is 5.03 Å². The molecule has 3 heterocycles. The van der Waals surface area contributed by atoms with Crippen LogP contribution in [-0.4, -0.2) is 55.2 Å². The highest BCUT2D eigenvalue weighted by Gasteiger charge is 2.33. The summed E-state index contributed by atoms with van der Waals surface area (Å²) in [5.41, 5.74) is 2.17. The normalized spacial score (nSPS) is 18.3. The van der Waals surface area contributed by atoms with Crippen LogP contribution >= 0.6 is 11.8 Å². The molecule has 29 heavy (non-hydrogen) atoms. The fraction of sp³-hybridized carbons (Fsp3) is 0.667. The monoisotopic (exact) mass is 419 g/mol. The van der Waals surface area contributed by atoms with Crippen molar-refractivity contribution in [2.75, 3.05) is 43.6 Å². The third kappa shape index (κ3) is 5.41. The molecule has 1 saturated heterocycles. The van der Waals surface area contributed by atoms with Crippen molar-refractivity contribution in [1.82, 2.24) is 4.98 Å². The zero-order chi connectivity index (χ0) is 21.0. The van der Waals surface area contributed by atoms with Crippen molar-refractivity contribution in [3.8, 4) is 6.07 Å². The van der Waals surface area contributed by atoms with Crippen LogP contribution < -0.4 is 4.90 Å². The number of hydrogen-bond donors (Lipinski definition) is 0. The maximum absolute atomic E-state index is 12.1. The van der Waals surface area contributed by atoms with Gasteiger partial charge in [-0.2, -0.15) is 5.26 Å². The number of fused-ring (bicyclic) bond motifs is 1. The zero-order valence-electron chi connectivity index (χ0n) is 17.6. The quantitative estimate of drug-likeness (QED) is 0.514. The van der Waals surface area contributed by atoms with E-state index in [4.69, 9.17) is 19.2 Å². The summed E-state index contributed by atoms with van der Waals surface area (Å²) in [4.78, 5) is 19.1. The molecule has 2 aliphatic rings. The molecule has 1 aromatic heterocycles. The van der Waals surface area contributed by atoms with Gasteiger partial charge in [0.1, 0.15) is 16.9 Å². The summed E-state index contributed by atoms with van der Waals surface area (Å²) in [7, 11) is 0. The van der Waals surface area contributed by atoms with Crippen molar-refractivity contribution in [2.45, 2.75) is 51.3 Å². The zero-order valence-corrected chi connectivity index (χ0v) is 18.4. The van der Waals surface area contributed by atoms with Gasteiger partial charge >= 0.3 is 5.97 Å². The van der Waals surface area contributed by atoms with Gasteiger partial charge in [0.25, 0.3) is 0 Å². The van der Waals surface area contributed by atoms with Crippen LogP contribution in [0.25, 0.3) is 0 Å². The second-order valence-corrected chi connectivity index (χ2v) is 9.34. The van der Waals surface area contributed by atoms with E-state index in [1.54, 1.807) is 0 Å². The number of carbonyl (C=O) groups excluding carboxylic acids is 1. The van der Waals surface area contributed by atoms with Gasteiger partial charge in [-0.1, -0.05) is 25.6 Å². The van der Waals surface area contributed by atoms with Gasteiger partial charge in [0.05, 0.1) is 43.3 Å². The molecule has 7 nitrogen and oxygen atoms in total. The lowest BCUT2D eigenvalue weighted by atomic mass is 9.89. The predicted molar refractivity (Wildman–Crippen MR) is 111 cm³/mol. The highest BCUT2D eigenvalue weighted by Crippen LogP contribution is 2.38. The van der Waals surface area contributed by atoms with E-state index in [1.165, 1.54) is 11.8 Å². The Hall–Kier alpha value is -1.82. The largest absolute Gasteiger partial charge is 0.465 e. The van der Waals surface area contributed by atoms with Crippen LogP contribution in [0.4, 0.5) is 5.82 Å². The van der Waals surface area contributed by atoms with Crippen molar-refractivity contribution in [1.29, 1.82) is 5.26 Å². The number of ether oxygens (including phenoxy) is 3. The fourth-order valence-electron chi connectivity index (χ4n) is 3.41. The van der Waals surface area contributed by atoms with E-state index in [-0.39, 0.29) is 23.2 Å². The average Bonchev–Trinajstić information content (AvgIpc) is 2.69. The standard InChI is InChI=1S/C21H29N3O4S/c1-14(2)11-27-18(25)13-29-20-16(10-22)15-9-21(3,4)28-12-17(15)19(23-20)24-5-7-26-8-6-24/h14H,5-9,11-13H2,1-4H3. The summed E-state index contributed by atoms with van der Waals surface area (Å²) < 4.78 is 16.8. The van der Waals surface area contributed by atoms with E-state index in [0.29, 0.717) is 43.4 Å². The lowest BCUT2D eigenvalue weighted by molar-refractivity contribution is -0.141. The van der Waals surface area contributed by atoms with Gasteiger partial charge in [-0.05, 0) is 25.3 Å². The van der Waals surface area contributed by atoms with Crippen LogP contribution in [0.1, 0.15) is 44.4 Å². The number of nitriles is 1. The smallest absolute Gasteiger partial charge is 0.316 e. The molecule has 0 bridgehead atoms. The van der Waals surface area contributed by atoms with E-state index < -0.39 is 0 Å². The highest BCUT2D eigenvalue weighted by atomic mass is 32.2. The van der Waals surface area contributed by atoms with E-state index in [0.717, 1.165) is 30.0 Å². The molecule has 0 radical (unpaired) electrons. The number of carbonyl (C=O) groups is 1. The third-order valence-electron chi connectivity index (χ3n) is 4.89. The Kier molecular flexibility index (Phi) is 7.04. The first-order valence-electron chi connectivity index (χ1n) is 10.0. The number of rotatable bonds is 6. The van der Waals surface area contributed by atoms with Crippen LogP contribution in [0, 0.1) is 17.2 Å². The minimum atomic E-state index is -0.347. The maximum atomic E-state index is 12.1. The van der Waals surface area contributed by atoms with Gasteiger partial charge in [0, 0.05) is 25.1 Å².